The second-order valence-corrected chi connectivity index (χ2v) is 7.03. The van der Waals surface area contributed by atoms with Crippen molar-refractivity contribution in [2.75, 3.05) is 31.1 Å². The molecule has 0 N–H and O–H groups in total. The Hall–Kier alpha value is -2.41. The van der Waals surface area contributed by atoms with Crippen molar-refractivity contribution < 1.29 is 4.79 Å². The van der Waals surface area contributed by atoms with E-state index in [1.54, 1.807) is 10.9 Å². The van der Waals surface area contributed by atoms with Crippen molar-refractivity contribution in [1.82, 2.24) is 19.1 Å². The molecule has 1 amide bonds. The standard InChI is InChI=1S/C18H21N5OS/c1-2-15(23-9-5-8-19-23)18(24)22-12-10-21(11-13-22)17-14-6-3-4-7-16(14)25-20-17/h3-9,15H,2,10-13H2,1H3/t15-/m1/s1. The molecule has 3 aromatic rings. The number of rotatable bonds is 4. The van der Waals surface area contributed by atoms with Gasteiger partial charge in [-0.3, -0.25) is 9.48 Å². The quantitative estimate of drug-likeness (QED) is 0.722. The highest BCUT2D eigenvalue weighted by molar-refractivity contribution is 7.13. The van der Waals surface area contributed by atoms with E-state index in [2.05, 4.69) is 32.6 Å². The SMILES string of the molecule is CC[C@H](C(=O)N1CCN(c2nsc3ccccc23)CC1)n1cccn1. The summed E-state index contributed by atoms with van der Waals surface area (Å²) in [6, 6.07) is 9.97. The van der Waals surface area contributed by atoms with Crippen LogP contribution >= 0.6 is 11.5 Å². The fraction of sp³-hybridized carbons (Fsp3) is 0.389. The Balaban J connectivity index is 1.45. The first-order valence-electron chi connectivity index (χ1n) is 8.65. The molecule has 3 heterocycles. The van der Waals surface area contributed by atoms with Crippen molar-refractivity contribution in [3.05, 3.63) is 42.7 Å². The average molecular weight is 355 g/mol. The zero-order valence-electron chi connectivity index (χ0n) is 14.2. The lowest BCUT2D eigenvalue weighted by Gasteiger charge is -2.36. The van der Waals surface area contributed by atoms with Crippen LogP contribution in [-0.2, 0) is 4.79 Å². The molecule has 0 aliphatic carbocycles. The molecule has 130 valence electrons. The number of aromatic nitrogens is 3. The van der Waals surface area contributed by atoms with Crippen molar-refractivity contribution in [3.8, 4) is 0 Å². The molecule has 7 heteroatoms. The summed E-state index contributed by atoms with van der Waals surface area (Å²) in [4.78, 5) is 17.1. The van der Waals surface area contributed by atoms with E-state index in [1.165, 1.54) is 21.6 Å². The smallest absolute Gasteiger partial charge is 0.247 e. The maximum Gasteiger partial charge on any atom is 0.247 e. The summed E-state index contributed by atoms with van der Waals surface area (Å²) in [6.07, 6.45) is 4.34. The number of fused-ring (bicyclic) bond motifs is 1. The Morgan fingerprint density at radius 2 is 2.00 bits per heavy atom. The van der Waals surface area contributed by atoms with Gasteiger partial charge in [-0.15, -0.1) is 0 Å². The minimum Gasteiger partial charge on any atom is -0.352 e. The molecular formula is C18H21N5OS. The van der Waals surface area contributed by atoms with Gasteiger partial charge < -0.3 is 9.80 Å². The normalized spacial score (nSPS) is 16.4. The third kappa shape index (κ3) is 3.00. The van der Waals surface area contributed by atoms with E-state index in [0.717, 1.165) is 38.4 Å². The van der Waals surface area contributed by atoms with Gasteiger partial charge in [-0.05, 0) is 36.2 Å². The third-order valence-corrected chi connectivity index (χ3v) is 5.58. The van der Waals surface area contributed by atoms with Crippen molar-refractivity contribution >= 4 is 33.3 Å². The summed E-state index contributed by atoms with van der Waals surface area (Å²) in [5.74, 6) is 1.21. The monoisotopic (exact) mass is 355 g/mol. The zero-order valence-corrected chi connectivity index (χ0v) is 15.0. The van der Waals surface area contributed by atoms with Crippen LogP contribution in [0.4, 0.5) is 5.82 Å². The number of carbonyl (C=O) groups excluding carboxylic acids is 1. The molecule has 0 spiro atoms. The second-order valence-electron chi connectivity index (χ2n) is 6.22. The molecule has 4 rings (SSSR count). The van der Waals surface area contributed by atoms with Crippen LogP contribution in [0.15, 0.2) is 42.7 Å². The van der Waals surface area contributed by atoms with E-state index in [4.69, 9.17) is 0 Å². The van der Waals surface area contributed by atoms with E-state index in [-0.39, 0.29) is 11.9 Å². The lowest BCUT2D eigenvalue weighted by Crippen LogP contribution is -2.50. The topological polar surface area (TPSA) is 54.3 Å². The first kappa shape index (κ1) is 16.1. The predicted octanol–water partition coefficient (Wildman–Crippen LogP) is 2.79. The van der Waals surface area contributed by atoms with Crippen LogP contribution in [0.2, 0.25) is 0 Å². The van der Waals surface area contributed by atoms with E-state index in [9.17, 15) is 4.79 Å². The first-order valence-corrected chi connectivity index (χ1v) is 9.42. The van der Waals surface area contributed by atoms with Gasteiger partial charge in [0.15, 0.2) is 0 Å². The predicted molar refractivity (Wildman–Crippen MR) is 100.0 cm³/mol. The fourth-order valence-corrected chi connectivity index (χ4v) is 4.19. The summed E-state index contributed by atoms with van der Waals surface area (Å²) in [6.45, 7) is 5.11. The Kier molecular flexibility index (Phi) is 4.40. The third-order valence-electron chi connectivity index (χ3n) is 4.77. The summed E-state index contributed by atoms with van der Waals surface area (Å²) >= 11 is 1.54. The van der Waals surface area contributed by atoms with Crippen LogP contribution in [0.1, 0.15) is 19.4 Å². The molecule has 25 heavy (non-hydrogen) atoms. The van der Waals surface area contributed by atoms with Gasteiger partial charge in [-0.2, -0.15) is 9.47 Å². The van der Waals surface area contributed by atoms with Gasteiger partial charge in [0.1, 0.15) is 11.9 Å². The number of amides is 1. The highest BCUT2D eigenvalue weighted by Gasteiger charge is 2.28. The minimum atomic E-state index is -0.207. The molecule has 1 fully saturated rings. The number of hydrogen-bond acceptors (Lipinski definition) is 5. The van der Waals surface area contributed by atoms with Gasteiger partial charge in [0, 0.05) is 44.0 Å². The van der Waals surface area contributed by atoms with Gasteiger partial charge >= 0.3 is 0 Å². The number of carbonyl (C=O) groups is 1. The van der Waals surface area contributed by atoms with Crippen LogP contribution in [0, 0.1) is 0 Å². The molecule has 1 saturated heterocycles. The molecular weight excluding hydrogens is 334 g/mol. The largest absolute Gasteiger partial charge is 0.352 e. The molecule has 1 aliphatic rings. The Bertz CT molecular complexity index is 851. The highest BCUT2D eigenvalue weighted by atomic mass is 32.1. The molecule has 0 radical (unpaired) electrons. The van der Waals surface area contributed by atoms with Gasteiger partial charge in [-0.25, -0.2) is 0 Å². The fourth-order valence-electron chi connectivity index (χ4n) is 3.39. The van der Waals surface area contributed by atoms with Gasteiger partial charge in [0.05, 0.1) is 4.70 Å². The molecule has 0 saturated carbocycles. The summed E-state index contributed by atoms with van der Waals surface area (Å²) < 4.78 is 7.61. The molecule has 0 bridgehead atoms. The summed E-state index contributed by atoms with van der Waals surface area (Å²) in [5, 5.41) is 5.45. The molecule has 1 aliphatic heterocycles. The first-order chi connectivity index (χ1) is 12.3. The van der Waals surface area contributed by atoms with Crippen molar-refractivity contribution in [3.63, 3.8) is 0 Å². The number of anilines is 1. The van der Waals surface area contributed by atoms with Crippen molar-refractivity contribution in [1.29, 1.82) is 0 Å². The number of piperazine rings is 1. The molecule has 1 aromatic carbocycles. The van der Waals surface area contributed by atoms with Crippen LogP contribution in [0.25, 0.3) is 10.1 Å². The maximum absolute atomic E-state index is 12.9. The maximum atomic E-state index is 12.9. The van der Waals surface area contributed by atoms with Crippen LogP contribution in [0.3, 0.4) is 0 Å². The van der Waals surface area contributed by atoms with Gasteiger partial charge in [0.25, 0.3) is 0 Å². The van der Waals surface area contributed by atoms with Crippen LogP contribution in [0.5, 0.6) is 0 Å². The lowest BCUT2D eigenvalue weighted by molar-refractivity contribution is -0.135. The highest BCUT2D eigenvalue weighted by Crippen LogP contribution is 2.30. The molecule has 6 nitrogen and oxygen atoms in total. The van der Waals surface area contributed by atoms with E-state index < -0.39 is 0 Å². The van der Waals surface area contributed by atoms with Gasteiger partial charge in [0.2, 0.25) is 5.91 Å². The number of hydrogen-bond donors (Lipinski definition) is 0. The molecule has 1 atom stereocenters. The second kappa shape index (κ2) is 6.84. The van der Waals surface area contributed by atoms with E-state index >= 15 is 0 Å². The number of nitrogens with zero attached hydrogens (tertiary/aromatic N) is 5. The Morgan fingerprint density at radius 1 is 1.20 bits per heavy atom. The van der Waals surface area contributed by atoms with Crippen molar-refractivity contribution in [2.45, 2.75) is 19.4 Å². The zero-order chi connectivity index (χ0) is 17.2. The molecule has 0 unspecified atom stereocenters. The Morgan fingerprint density at radius 3 is 2.72 bits per heavy atom. The lowest BCUT2D eigenvalue weighted by atomic mass is 10.1. The number of benzene rings is 1. The van der Waals surface area contributed by atoms with E-state index in [0.29, 0.717) is 0 Å². The van der Waals surface area contributed by atoms with E-state index in [1.807, 2.05) is 30.2 Å². The average Bonchev–Trinajstić information content (AvgIpc) is 3.32. The van der Waals surface area contributed by atoms with Crippen LogP contribution in [-0.4, -0.2) is 51.1 Å². The van der Waals surface area contributed by atoms with Crippen molar-refractivity contribution in [2.24, 2.45) is 0 Å². The summed E-state index contributed by atoms with van der Waals surface area (Å²) in [7, 11) is 0. The van der Waals surface area contributed by atoms with Crippen LogP contribution < -0.4 is 4.90 Å². The minimum absolute atomic E-state index is 0.161. The Labute approximate surface area is 150 Å². The van der Waals surface area contributed by atoms with Gasteiger partial charge in [-0.1, -0.05) is 19.1 Å². The summed E-state index contributed by atoms with van der Waals surface area (Å²) in [5.41, 5.74) is 0. The molecule has 2 aromatic heterocycles.